The minimum Gasteiger partial charge on any atom is -0.466 e. The number of nitro groups is 1. The standard InChI is InChI=1S/C20H19N3O5/c1-28-19(24)11-3-13-2-10-17(18(12-13)23(26)27)21-15-6-8-16(9-7-15)22-20(25)14-4-5-14/h2-3,6-12,14,21H,4-5H2,1H3,(H,22,25)/b11-3+. The lowest BCUT2D eigenvalue weighted by Gasteiger charge is -2.09. The highest BCUT2D eigenvalue weighted by atomic mass is 16.6. The number of nitrogens with zero attached hydrogens (tertiary/aromatic N) is 1. The SMILES string of the molecule is COC(=O)/C=C/c1ccc(Nc2ccc(NC(=O)C3CC3)cc2)c([N+](=O)[O-])c1. The molecule has 0 saturated heterocycles. The van der Waals surface area contributed by atoms with Gasteiger partial charge in [-0.25, -0.2) is 4.79 Å². The minimum atomic E-state index is -0.543. The van der Waals surface area contributed by atoms with Crippen molar-refractivity contribution in [3.8, 4) is 0 Å². The van der Waals surface area contributed by atoms with Crippen molar-refractivity contribution >= 4 is 40.7 Å². The average molecular weight is 381 g/mol. The predicted molar refractivity (Wildman–Crippen MR) is 105 cm³/mol. The number of benzene rings is 2. The van der Waals surface area contributed by atoms with Crippen molar-refractivity contribution in [3.63, 3.8) is 0 Å². The molecule has 1 saturated carbocycles. The zero-order valence-electron chi connectivity index (χ0n) is 15.2. The highest BCUT2D eigenvalue weighted by Gasteiger charge is 2.29. The Balaban J connectivity index is 1.73. The summed E-state index contributed by atoms with van der Waals surface area (Å²) in [5.74, 6) is -0.405. The Morgan fingerprint density at radius 1 is 1.14 bits per heavy atom. The zero-order valence-corrected chi connectivity index (χ0v) is 15.2. The number of methoxy groups -OCH3 is 1. The van der Waals surface area contributed by atoms with Crippen LogP contribution in [0.5, 0.6) is 0 Å². The first kappa shape index (κ1) is 19.1. The fraction of sp³-hybridized carbons (Fsp3) is 0.200. The summed E-state index contributed by atoms with van der Waals surface area (Å²) in [6.07, 6.45) is 4.50. The van der Waals surface area contributed by atoms with Gasteiger partial charge in [0.25, 0.3) is 5.69 Å². The molecule has 2 aromatic rings. The molecule has 1 aliphatic rings. The van der Waals surface area contributed by atoms with E-state index in [2.05, 4.69) is 15.4 Å². The van der Waals surface area contributed by atoms with Crippen LogP contribution in [0.1, 0.15) is 18.4 Å². The lowest BCUT2D eigenvalue weighted by Crippen LogP contribution is -2.13. The first-order valence-electron chi connectivity index (χ1n) is 8.68. The molecule has 0 spiro atoms. The lowest BCUT2D eigenvalue weighted by molar-refractivity contribution is -0.383. The Kier molecular flexibility index (Phi) is 5.69. The van der Waals surface area contributed by atoms with Gasteiger partial charge in [0.05, 0.1) is 12.0 Å². The van der Waals surface area contributed by atoms with Gasteiger partial charge >= 0.3 is 5.97 Å². The molecule has 1 amide bonds. The summed E-state index contributed by atoms with van der Waals surface area (Å²) < 4.78 is 4.50. The molecule has 0 aromatic heterocycles. The van der Waals surface area contributed by atoms with Gasteiger partial charge in [0.15, 0.2) is 0 Å². The number of amides is 1. The normalized spacial score (nSPS) is 13.2. The van der Waals surface area contributed by atoms with E-state index >= 15 is 0 Å². The van der Waals surface area contributed by atoms with Gasteiger partial charge in [0.2, 0.25) is 5.91 Å². The maximum Gasteiger partial charge on any atom is 0.330 e. The molecule has 144 valence electrons. The Labute approximate surface area is 161 Å². The Morgan fingerprint density at radius 3 is 2.43 bits per heavy atom. The summed E-state index contributed by atoms with van der Waals surface area (Å²) in [7, 11) is 1.25. The number of nitrogens with one attached hydrogen (secondary N) is 2. The molecule has 0 unspecified atom stereocenters. The molecule has 8 nitrogen and oxygen atoms in total. The van der Waals surface area contributed by atoms with Crippen LogP contribution >= 0.6 is 0 Å². The van der Waals surface area contributed by atoms with Crippen LogP contribution in [0.4, 0.5) is 22.7 Å². The third kappa shape index (κ3) is 4.94. The fourth-order valence-electron chi connectivity index (χ4n) is 2.52. The molecule has 0 atom stereocenters. The second kappa shape index (κ2) is 8.34. The number of nitro benzene ring substituents is 1. The van der Waals surface area contributed by atoms with Crippen molar-refractivity contribution in [1.82, 2.24) is 0 Å². The maximum absolute atomic E-state index is 11.8. The topological polar surface area (TPSA) is 111 Å². The Morgan fingerprint density at radius 2 is 1.82 bits per heavy atom. The summed E-state index contributed by atoms with van der Waals surface area (Å²) in [4.78, 5) is 33.9. The minimum absolute atomic E-state index is 0.0203. The molecule has 1 aliphatic carbocycles. The highest BCUT2D eigenvalue weighted by molar-refractivity contribution is 5.94. The van der Waals surface area contributed by atoms with Crippen molar-refractivity contribution < 1.29 is 19.2 Å². The number of hydrogen-bond donors (Lipinski definition) is 2. The third-order valence-electron chi connectivity index (χ3n) is 4.21. The van der Waals surface area contributed by atoms with Crippen molar-refractivity contribution in [2.45, 2.75) is 12.8 Å². The van der Waals surface area contributed by atoms with Crippen molar-refractivity contribution in [3.05, 3.63) is 64.2 Å². The van der Waals surface area contributed by atoms with Crippen LogP contribution in [0.3, 0.4) is 0 Å². The van der Waals surface area contributed by atoms with E-state index in [0.717, 1.165) is 12.8 Å². The van der Waals surface area contributed by atoms with Gasteiger partial charge in [-0.3, -0.25) is 14.9 Å². The summed E-state index contributed by atoms with van der Waals surface area (Å²) in [5.41, 5.74) is 2.01. The second-order valence-corrected chi connectivity index (χ2v) is 6.36. The molecule has 2 aromatic carbocycles. The van der Waals surface area contributed by atoms with E-state index in [1.807, 2.05) is 0 Å². The van der Waals surface area contributed by atoms with E-state index in [1.165, 1.54) is 25.3 Å². The monoisotopic (exact) mass is 381 g/mol. The van der Waals surface area contributed by atoms with Gasteiger partial charge in [-0.1, -0.05) is 6.07 Å². The van der Waals surface area contributed by atoms with E-state index in [4.69, 9.17) is 0 Å². The van der Waals surface area contributed by atoms with E-state index in [-0.39, 0.29) is 17.5 Å². The van der Waals surface area contributed by atoms with Crippen LogP contribution in [0.15, 0.2) is 48.5 Å². The summed E-state index contributed by atoms with van der Waals surface area (Å²) in [5, 5.41) is 17.2. The van der Waals surface area contributed by atoms with Crippen molar-refractivity contribution in [2.75, 3.05) is 17.7 Å². The number of esters is 1. The van der Waals surface area contributed by atoms with Gasteiger partial charge in [0, 0.05) is 29.4 Å². The molecular weight excluding hydrogens is 362 g/mol. The van der Waals surface area contributed by atoms with Crippen molar-refractivity contribution in [1.29, 1.82) is 0 Å². The highest BCUT2D eigenvalue weighted by Crippen LogP contribution is 2.31. The van der Waals surface area contributed by atoms with E-state index in [1.54, 1.807) is 36.4 Å². The van der Waals surface area contributed by atoms with Crippen LogP contribution < -0.4 is 10.6 Å². The summed E-state index contributed by atoms with van der Waals surface area (Å²) in [6, 6.07) is 11.5. The van der Waals surface area contributed by atoms with Gasteiger partial charge in [-0.05, 0) is 54.8 Å². The maximum atomic E-state index is 11.8. The van der Waals surface area contributed by atoms with Gasteiger partial charge in [0.1, 0.15) is 5.69 Å². The van der Waals surface area contributed by atoms with Crippen LogP contribution in [-0.2, 0) is 14.3 Å². The molecule has 0 heterocycles. The predicted octanol–water partition coefficient (Wildman–Crippen LogP) is 3.87. The molecule has 2 N–H and O–H groups in total. The van der Waals surface area contributed by atoms with E-state index in [0.29, 0.717) is 22.6 Å². The third-order valence-corrected chi connectivity index (χ3v) is 4.21. The second-order valence-electron chi connectivity index (χ2n) is 6.36. The molecule has 0 aliphatic heterocycles. The quantitative estimate of drug-likeness (QED) is 0.326. The average Bonchev–Trinajstić information content (AvgIpc) is 3.53. The van der Waals surface area contributed by atoms with Crippen LogP contribution in [0.2, 0.25) is 0 Å². The number of carbonyl (C=O) groups excluding carboxylic acids is 2. The Bertz CT molecular complexity index is 933. The molecule has 1 fully saturated rings. The van der Waals surface area contributed by atoms with E-state index < -0.39 is 10.9 Å². The first-order chi connectivity index (χ1) is 13.5. The molecule has 28 heavy (non-hydrogen) atoms. The smallest absolute Gasteiger partial charge is 0.330 e. The molecular formula is C20H19N3O5. The number of rotatable bonds is 7. The molecule has 0 radical (unpaired) electrons. The number of ether oxygens (including phenoxy) is 1. The van der Waals surface area contributed by atoms with E-state index in [9.17, 15) is 19.7 Å². The first-order valence-corrected chi connectivity index (χ1v) is 8.68. The largest absolute Gasteiger partial charge is 0.466 e. The number of hydrogen-bond acceptors (Lipinski definition) is 6. The number of carbonyl (C=O) groups is 2. The van der Waals surface area contributed by atoms with Gasteiger partial charge < -0.3 is 15.4 Å². The summed E-state index contributed by atoms with van der Waals surface area (Å²) in [6.45, 7) is 0. The van der Waals surface area contributed by atoms with Crippen LogP contribution in [-0.4, -0.2) is 23.9 Å². The fourth-order valence-corrected chi connectivity index (χ4v) is 2.52. The van der Waals surface area contributed by atoms with Crippen molar-refractivity contribution in [2.24, 2.45) is 5.92 Å². The molecule has 0 bridgehead atoms. The van der Waals surface area contributed by atoms with Gasteiger partial charge in [-0.2, -0.15) is 0 Å². The molecule has 3 rings (SSSR count). The zero-order chi connectivity index (χ0) is 20.1. The lowest BCUT2D eigenvalue weighted by atomic mass is 10.1. The number of anilines is 3. The Hall–Kier alpha value is -3.68. The summed E-state index contributed by atoms with van der Waals surface area (Å²) >= 11 is 0. The van der Waals surface area contributed by atoms with Crippen LogP contribution in [0, 0.1) is 16.0 Å². The van der Waals surface area contributed by atoms with Gasteiger partial charge in [-0.15, -0.1) is 0 Å². The molecule has 8 heteroatoms. The van der Waals surface area contributed by atoms with Crippen LogP contribution in [0.25, 0.3) is 6.08 Å².